The molecule has 352 valence electrons. The first-order valence-corrected chi connectivity index (χ1v) is 20.5. The average molecular weight is 935 g/mol. The summed E-state index contributed by atoms with van der Waals surface area (Å²) < 4.78 is 121. The van der Waals surface area contributed by atoms with Gasteiger partial charge in [0.2, 0.25) is 11.8 Å². The minimum absolute atomic E-state index is 0.0139. The Bertz CT molecular complexity index is 2470. The van der Waals surface area contributed by atoms with E-state index in [2.05, 4.69) is 20.1 Å². The summed E-state index contributed by atoms with van der Waals surface area (Å²) in [6, 6.07) is 18.4. The third-order valence-electron chi connectivity index (χ3n) is 11.8. The smallest absolute Gasteiger partial charge is 0.441 e. The Hall–Kier alpha value is -7.00. The molecule has 2 heterocycles. The molecule has 22 heteroatoms. The largest absolute Gasteiger partial charge is 0.573 e. The van der Waals surface area contributed by atoms with Crippen molar-refractivity contribution in [2.45, 2.75) is 75.3 Å². The summed E-state index contributed by atoms with van der Waals surface area (Å²) in [7, 11) is 0. The maximum absolute atomic E-state index is 14.1. The molecule has 4 aromatic rings. The van der Waals surface area contributed by atoms with Gasteiger partial charge in [0.05, 0.1) is 47.2 Å². The zero-order valence-electron chi connectivity index (χ0n) is 34.6. The van der Waals surface area contributed by atoms with Crippen molar-refractivity contribution in [3.63, 3.8) is 0 Å². The molecule has 4 aromatic carbocycles. The Labute approximate surface area is 371 Å². The van der Waals surface area contributed by atoms with Crippen molar-refractivity contribution in [3.8, 4) is 11.5 Å². The lowest BCUT2D eigenvalue weighted by Gasteiger charge is -2.34. The number of nitrogens with two attached hydrogens (primary N) is 2. The maximum atomic E-state index is 14.1. The van der Waals surface area contributed by atoms with Crippen LogP contribution in [-0.4, -0.2) is 61.0 Å². The van der Waals surface area contributed by atoms with Gasteiger partial charge in [0.1, 0.15) is 34.3 Å². The van der Waals surface area contributed by atoms with Crippen LogP contribution >= 0.6 is 0 Å². The molecular weight excluding hydrogens is 893 g/mol. The fourth-order valence-corrected chi connectivity index (χ4v) is 8.45. The standard InChI is InChI=1S/2C22H21F4N3O4/c23-15-3-1-2-4-18(15)29-12-21(33-20(29)31)9-7-13(8-10-21)19(30)28-17-6-5-14(11-16(17)27)32-22(24,25)26;23-15-3-1-2-4-18(15)29-12-21(33-20(29)31)9-7-13(8-10-21)19(30)28-17-11-14(5-6-16(17)27)32-22(24,25)26/h2*1-6,11,13H,7-10,12,27H2,(H,28,30). The molecule has 0 radical (unpaired) electrons. The Morgan fingerprint density at radius 2 is 1.00 bits per heavy atom. The van der Waals surface area contributed by atoms with Crippen molar-refractivity contribution in [2.75, 3.05) is 45.0 Å². The number of halogens is 8. The Balaban J connectivity index is 0.000000196. The molecule has 2 saturated carbocycles. The third-order valence-corrected chi connectivity index (χ3v) is 11.8. The lowest BCUT2D eigenvalue weighted by molar-refractivity contribution is -0.275. The average Bonchev–Trinajstić information content (AvgIpc) is 3.74. The zero-order chi connectivity index (χ0) is 47.6. The molecule has 2 aliphatic heterocycles. The highest BCUT2D eigenvalue weighted by molar-refractivity contribution is 5.97. The van der Waals surface area contributed by atoms with Gasteiger partial charge in [-0.1, -0.05) is 24.3 Å². The number of carbonyl (C=O) groups is 4. The first-order chi connectivity index (χ1) is 31.1. The number of para-hydroxylation sites is 2. The van der Waals surface area contributed by atoms with Crippen molar-refractivity contribution in [3.05, 3.63) is 96.6 Å². The second-order valence-corrected chi connectivity index (χ2v) is 16.3. The highest BCUT2D eigenvalue weighted by atomic mass is 19.4. The molecule has 4 aliphatic rings. The van der Waals surface area contributed by atoms with Crippen molar-refractivity contribution < 1.29 is 73.2 Å². The van der Waals surface area contributed by atoms with Crippen molar-refractivity contribution in [1.82, 2.24) is 0 Å². The normalized spacial score (nSPS) is 22.8. The SMILES string of the molecule is Nc1cc(OC(F)(F)F)ccc1NC(=O)C1CCC2(CC1)CN(c1ccccc1F)C(=O)O2.Nc1ccc(OC(F)(F)F)cc1NC(=O)C1CCC2(CC1)CN(c1ccccc1F)C(=O)O2. The van der Waals surface area contributed by atoms with Gasteiger partial charge in [0.15, 0.2) is 0 Å². The van der Waals surface area contributed by atoms with E-state index < -0.39 is 77.0 Å². The fourth-order valence-electron chi connectivity index (χ4n) is 8.45. The Kier molecular flexibility index (Phi) is 13.1. The summed E-state index contributed by atoms with van der Waals surface area (Å²) in [6.45, 7) is 0.361. The lowest BCUT2D eigenvalue weighted by atomic mass is 9.78. The summed E-state index contributed by atoms with van der Waals surface area (Å²) in [5, 5.41) is 5.19. The van der Waals surface area contributed by atoms with Gasteiger partial charge < -0.3 is 41.0 Å². The van der Waals surface area contributed by atoms with Crippen LogP contribution in [0, 0.1) is 23.5 Å². The van der Waals surface area contributed by atoms with Crippen LogP contribution in [0.2, 0.25) is 0 Å². The van der Waals surface area contributed by atoms with Crippen molar-refractivity contribution in [1.29, 1.82) is 0 Å². The van der Waals surface area contributed by atoms with Gasteiger partial charge in [-0.2, -0.15) is 0 Å². The van der Waals surface area contributed by atoms with Crippen LogP contribution in [0.15, 0.2) is 84.9 Å². The molecule has 0 bridgehead atoms. The number of nitrogens with zero attached hydrogens (tertiary/aromatic N) is 2. The van der Waals surface area contributed by atoms with Crippen LogP contribution in [0.5, 0.6) is 11.5 Å². The third kappa shape index (κ3) is 11.1. The quantitative estimate of drug-likeness (QED) is 0.0979. The van der Waals surface area contributed by atoms with E-state index >= 15 is 0 Å². The summed E-state index contributed by atoms with van der Waals surface area (Å²) in [4.78, 5) is 52.7. The Morgan fingerprint density at radius 3 is 1.42 bits per heavy atom. The fraction of sp³-hybridized carbons (Fsp3) is 0.364. The number of alkyl halides is 6. The molecule has 6 N–H and O–H groups in total. The predicted molar refractivity (Wildman–Crippen MR) is 222 cm³/mol. The number of hydrogen-bond acceptors (Lipinski definition) is 10. The monoisotopic (exact) mass is 934 g/mol. The van der Waals surface area contributed by atoms with E-state index in [1.807, 2.05) is 0 Å². The van der Waals surface area contributed by atoms with Crippen LogP contribution in [0.25, 0.3) is 0 Å². The molecule has 14 nitrogen and oxygen atoms in total. The summed E-state index contributed by atoms with van der Waals surface area (Å²) >= 11 is 0. The Morgan fingerprint density at radius 1 is 0.591 bits per heavy atom. The minimum Gasteiger partial charge on any atom is -0.441 e. The number of benzene rings is 4. The van der Waals surface area contributed by atoms with Gasteiger partial charge in [-0.3, -0.25) is 19.4 Å². The summed E-state index contributed by atoms with van der Waals surface area (Å²) in [5.74, 6) is -3.64. The van der Waals surface area contributed by atoms with Crippen LogP contribution in [0.1, 0.15) is 51.4 Å². The number of nitrogens with one attached hydrogen (secondary N) is 2. The van der Waals surface area contributed by atoms with Gasteiger partial charge in [-0.15, -0.1) is 26.3 Å². The van der Waals surface area contributed by atoms with Crippen molar-refractivity contribution in [2.24, 2.45) is 11.8 Å². The van der Waals surface area contributed by atoms with Gasteiger partial charge in [-0.05, 0) is 99.9 Å². The molecular formula is C44H42F8N6O8. The number of nitrogen functional groups attached to an aromatic ring is 2. The molecule has 66 heavy (non-hydrogen) atoms. The van der Waals surface area contributed by atoms with E-state index in [-0.39, 0.29) is 53.1 Å². The van der Waals surface area contributed by atoms with Gasteiger partial charge in [-0.25, -0.2) is 18.4 Å². The number of rotatable bonds is 8. The molecule has 0 unspecified atom stereocenters. The number of anilines is 6. The van der Waals surface area contributed by atoms with Gasteiger partial charge in [0.25, 0.3) is 0 Å². The molecule has 2 saturated heterocycles. The lowest BCUT2D eigenvalue weighted by Crippen LogP contribution is -2.41. The molecule has 8 rings (SSSR count). The van der Waals surface area contributed by atoms with E-state index in [0.717, 1.165) is 24.3 Å². The number of ether oxygens (including phenoxy) is 4. The molecule has 0 atom stereocenters. The number of hydrogen-bond donors (Lipinski definition) is 4. The van der Waals surface area contributed by atoms with Crippen LogP contribution in [0.4, 0.5) is 78.8 Å². The van der Waals surface area contributed by atoms with Gasteiger partial charge >= 0.3 is 24.9 Å². The first-order valence-electron chi connectivity index (χ1n) is 20.5. The topological polar surface area (TPSA) is 188 Å². The summed E-state index contributed by atoms with van der Waals surface area (Å²) in [5.41, 5.74) is 10.4. The first kappa shape index (κ1) is 47.0. The number of carbonyl (C=O) groups excluding carboxylic acids is 4. The highest BCUT2D eigenvalue weighted by Crippen LogP contribution is 2.44. The second-order valence-electron chi connectivity index (χ2n) is 16.3. The molecule has 4 fully saturated rings. The van der Waals surface area contributed by atoms with E-state index in [4.69, 9.17) is 20.9 Å². The minimum atomic E-state index is -4.87. The van der Waals surface area contributed by atoms with E-state index in [1.54, 1.807) is 12.1 Å². The zero-order valence-corrected chi connectivity index (χ0v) is 34.6. The molecule has 0 aromatic heterocycles. The van der Waals surface area contributed by atoms with E-state index in [1.165, 1.54) is 58.3 Å². The molecule has 2 spiro atoms. The van der Waals surface area contributed by atoms with Crippen LogP contribution in [-0.2, 0) is 19.1 Å². The van der Waals surface area contributed by atoms with Crippen LogP contribution in [0.3, 0.4) is 0 Å². The summed E-state index contributed by atoms with van der Waals surface area (Å²) in [6.07, 6.45) is -7.81. The second kappa shape index (κ2) is 18.5. The van der Waals surface area contributed by atoms with E-state index in [0.29, 0.717) is 51.4 Å². The molecule has 4 amide bonds. The highest BCUT2D eigenvalue weighted by Gasteiger charge is 2.50. The van der Waals surface area contributed by atoms with Gasteiger partial charge in [0, 0.05) is 24.0 Å². The van der Waals surface area contributed by atoms with Crippen LogP contribution < -0.4 is 41.4 Å². The maximum Gasteiger partial charge on any atom is 0.573 e. The number of amides is 4. The molecule has 2 aliphatic carbocycles. The van der Waals surface area contributed by atoms with E-state index in [9.17, 15) is 54.3 Å². The predicted octanol–water partition coefficient (Wildman–Crippen LogP) is 9.66. The van der Waals surface area contributed by atoms with Crippen molar-refractivity contribution >= 4 is 58.1 Å².